The summed E-state index contributed by atoms with van der Waals surface area (Å²) in [6.07, 6.45) is 0. The molecule has 1 saturated heterocycles. The minimum absolute atomic E-state index is 0.0193. The molecule has 1 amide bonds. The van der Waals surface area contributed by atoms with E-state index >= 15 is 0 Å². The lowest BCUT2D eigenvalue weighted by atomic mass is 10.1. The molecule has 0 N–H and O–H groups in total. The van der Waals surface area contributed by atoms with Crippen LogP contribution in [0.3, 0.4) is 0 Å². The van der Waals surface area contributed by atoms with E-state index in [9.17, 15) is 9.18 Å². The number of amides is 1. The number of piperazine rings is 1. The fourth-order valence-corrected chi connectivity index (χ4v) is 4.83. The van der Waals surface area contributed by atoms with Crippen LogP contribution in [0, 0.1) is 5.82 Å². The number of carbonyl (C=O) groups is 1. The van der Waals surface area contributed by atoms with Gasteiger partial charge in [-0.25, -0.2) is 9.37 Å². The van der Waals surface area contributed by atoms with Crippen LogP contribution in [-0.4, -0.2) is 54.0 Å². The molecule has 0 radical (unpaired) electrons. The molecule has 1 aliphatic heterocycles. The molecule has 1 aliphatic rings. The fraction of sp³-hybridized carbons (Fsp3) is 0.300. The molecule has 0 bridgehead atoms. The summed E-state index contributed by atoms with van der Waals surface area (Å²) in [5.74, 6) is -0.113. The lowest BCUT2D eigenvalue weighted by Gasteiger charge is -2.34. The van der Waals surface area contributed by atoms with Crippen LogP contribution in [0.15, 0.2) is 41.1 Å². The van der Waals surface area contributed by atoms with Crippen LogP contribution in [0.25, 0.3) is 9.88 Å². The maximum absolute atomic E-state index is 13.9. The summed E-state index contributed by atoms with van der Waals surface area (Å²) in [5.41, 5.74) is 1.41. The largest absolute Gasteiger partial charge is 0.494 e. The van der Waals surface area contributed by atoms with Gasteiger partial charge in [-0.1, -0.05) is 12.1 Å². The molecule has 2 aromatic heterocycles. The standard InChI is InChI=1S/C20H20FN3O2S2/c1-26-17-5-4-14(11-15(17)21)12-23-6-8-24(9-7-23)20(25)16-13-28-19(22-16)18-3-2-10-27-18/h2-5,10-11,13H,6-9,12H2,1H3. The van der Waals surface area contributed by atoms with Gasteiger partial charge in [-0.2, -0.15) is 0 Å². The normalized spacial score (nSPS) is 15.0. The van der Waals surface area contributed by atoms with Crippen LogP contribution in [0.2, 0.25) is 0 Å². The molecule has 28 heavy (non-hydrogen) atoms. The van der Waals surface area contributed by atoms with E-state index in [4.69, 9.17) is 4.74 Å². The van der Waals surface area contributed by atoms with Crippen molar-refractivity contribution in [1.82, 2.24) is 14.8 Å². The van der Waals surface area contributed by atoms with Crippen LogP contribution in [0.4, 0.5) is 4.39 Å². The van der Waals surface area contributed by atoms with E-state index in [-0.39, 0.29) is 17.5 Å². The zero-order chi connectivity index (χ0) is 19.5. The van der Waals surface area contributed by atoms with Gasteiger partial charge < -0.3 is 9.64 Å². The molecular weight excluding hydrogens is 397 g/mol. The number of aromatic nitrogens is 1. The summed E-state index contributed by atoms with van der Waals surface area (Å²) < 4.78 is 18.8. The predicted octanol–water partition coefficient (Wildman–Crippen LogP) is 3.98. The summed E-state index contributed by atoms with van der Waals surface area (Å²) in [4.78, 5) is 22.4. The first-order valence-electron chi connectivity index (χ1n) is 8.97. The number of benzene rings is 1. The first kappa shape index (κ1) is 19.0. The van der Waals surface area contributed by atoms with E-state index in [1.165, 1.54) is 24.5 Å². The van der Waals surface area contributed by atoms with Gasteiger partial charge in [-0.15, -0.1) is 22.7 Å². The molecule has 0 aliphatic carbocycles. The predicted molar refractivity (Wildman–Crippen MR) is 110 cm³/mol. The monoisotopic (exact) mass is 417 g/mol. The van der Waals surface area contributed by atoms with Gasteiger partial charge in [0.1, 0.15) is 10.7 Å². The van der Waals surface area contributed by atoms with Gasteiger partial charge in [0.25, 0.3) is 5.91 Å². The number of methoxy groups -OCH3 is 1. The van der Waals surface area contributed by atoms with Crippen molar-refractivity contribution in [2.24, 2.45) is 0 Å². The summed E-state index contributed by atoms with van der Waals surface area (Å²) in [6, 6.07) is 9.03. The van der Waals surface area contributed by atoms with Crippen molar-refractivity contribution < 1.29 is 13.9 Å². The molecule has 8 heteroatoms. The van der Waals surface area contributed by atoms with Crippen molar-refractivity contribution in [3.8, 4) is 15.6 Å². The summed E-state index contributed by atoms with van der Waals surface area (Å²) >= 11 is 3.12. The Balaban J connectivity index is 1.34. The molecule has 0 spiro atoms. The number of hydrogen-bond acceptors (Lipinski definition) is 6. The molecule has 3 heterocycles. The zero-order valence-corrected chi connectivity index (χ0v) is 17.1. The Hall–Kier alpha value is -2.29. The highest BCUT2D eigenvalue weighted by atomic mass is 32.1. The molecule has 1 aromatic carbocycles. The van der Waals surface area contributed by atoms with Crippen LogP contribution >= 0.6 is 22.7 Å². The van der Waals surface area contributed by atoms with Crippen molar-refractivity contribution in [1.29, 1.82) is 0 Å². The van der Waals surface area contributed by atoms with Gasteiger partial charge in [0.2, 0.25) is 0 Å². The highest BCUT2D eigenvalue weighted by molar-refractivity contribution is 7.20. The van der Waals surface area contributed by atoms with Gasteiger partial charge in [0, 0.05) is 38.1 Å². The molecule has 146 valence electrons. The number of rotatable bonds is 5. The van der Waals surface area contributed by atoms with Crippen molar-refractivity contribution in [2.75, 3.05) is 33.3 Å². The SMILES string of the molecule is COc1ccc(CN2CCN(C(=O)c3csc(-c4cccs4)n3)CC2)cc1F. The van der Waals surface area contributed by atoms with E-state index in [1.807, 2.05) is 33.9 Å². The Bertz CT molecular complexity index is 950. The second-order valence-electron chi connectivity index (χ2n) is 6.55. The van der Waals surface area contributed by atoms with Crippen LogP contribution in [-0.2, 0) is 6.54 Å². The molecule has 5 nitrogen and oxygen atoms in total. The number of hydrogen-bond donors (Lipinski definition) is 0. The number of thiophene rings is 1. The fourth-order valence-electron chi connectivity index (χ4n) is 3.22. The Morgan fingerprint density at radius 3 is 2.71 bits per heavy atom. The smallest absolute Gasteiger partial charge is 0.273 e. The zero-order valence-electron chi connectivity index (χ0n) is 15.4. The lowest BCUT2D eigenvalue weighted by Crippen LogP contribution is -2.48. The van der Waals surface area contributed by atoms with Crippen molar-refractivity contribution in [3.05, 3.63) is 58.2 Å². The average Bonchev–Trinajstić information content (AvgIpc) is 3.40. The maximum Gasteiger partial charge on any atom is 0.273 e. The Morgan fingerprint density at radius 2 is 2.04 bits per heavy atom. The van der Waals surface area contributed by atoms with Gasteiger partial charge in [0.15, 0.2) is 11.6 Å². The highest BCUT2D eigenvalue weighted by Gasteiger charge is 2.24. The van der Waals surface area contributed by atoms with E-state index < -0.39 is 0 Å². The first-order valence-corrected chi connectivity index (χ1v) is 10.7. The number of halogens is 1. The van der Waals surface area contributed by atoms with Crippen LogP contribution in [0.1, 0.15) is 16.1 Å². The lowest BCUT2D eigenvalue weighted by molar-refractivity contribution is 0.0623. The molecule has 3 aromatic rings. The number of nitrogens with zero attached hydrogens (tertiary/aromatic N) is 3. The van der Waals surface area contributed by atoms with E-state index in [2.05, 4.69) is 9.88 Å². The summed E-state index contributed by atoms with van der Waals surface area (Å²) in [5, 5.41) is 4.73. The van der Waals surface area contributed by atoms with Crippen LogP contribution in [0.5, 0.6) is 5.75 Å². The second-order valence-corrected chi connectivity index (χ2v) is 8.36. The summed E-state index contributed by atoms with van der Waals surface area (Å²) in [7, 11) is 1.46. The second kappa shape index (κ2) is 8.38. The minimum Gasteiger partial charge on any atom is -0.494 e. The average molecular weight is 418 g/mol. The molecule has 0 saturated carbocycles. The molecule has 0 unspecified atom stereocenters. The van der Waals surface area contributed by atoms with Gasteiger partial charge >= 0.3 is 0 Å². The van der Waals surface area contributed by atoms with E-state index in [0.717, 1.165) is 28.5 Å². The Morgan fingerprint density at radius 1 is 1.21 bits per heavy atom. The number of carbonyl (C=O) groups excluding carboxylic acids is 1. The number of ether oxygens (including phenoxy) is 1. The topological polar surface area (TPSA) is 45.7 Å². The summed E-state index contributed by atoms with van der Waals surface area (Å²) in [6.45, 7) is 3.44. The third-order valence-corrected chi connectivity index (χ3v) is 6.62. The molecule has 0 atom stereocenters. The van der Waals surface area contributed by atoms with Gasteiger partial charge in [0.05, 0.1) is 12.0 Å². The molecular formula is C20H20FN3O2S2. The van der Waals surface area contributed by atoms with Gasteiger partial charge in [-0.3, -0.25) is 9.69 Å². The Kier molecular flexibility index (Phi) is 5.70. The first-order chi connectivity index (χ1) is 13.6. The number of thiazole rings is 1. The highest BCUT2D eigenvalue weighted by Crippen LogP contribution is 2.28. The Labute approximate surface area is 171 Å². The molecule has 1 fully saturated rings. The van der Waals surface area contributed by atoms with Gasteiger partial charge in [-0.05, 0) is 29.1 Å². The maximum atomic E-state index is 13.9. The van der Waals surface area contributed by atoms with Crippen LogP contribution < -0.4 is 4.74 Å². The van der Waals surface area contributed by atoms with E-state index in [1.54, 1.807) is 17.4 Å². The molecule has 4 rings (SSSR count). The minimum atomic E-state index is -0.348. The van der Waals surface area contributed by atoms with E-state index in [0.29, 0.717) is 25.3 Å². The third kappa shape index (κ3) is 4.09. The van der Waals surface area contributed by atoms with Crippen molar-refractivity contribution in [3.63, 3.8) is 0 Å². The van der Waals surface area contributed by atoms with Crippen molar-refractivity contribution >= 4 is 28.6 Å². The van der Waals surface area contributed by atoms with Crippen molar-refractivity contribution in [2.45, 2.75) is 6.54 Å². The quantitative estimate of drug-likeness (QED) is 0.630. The third-order valence-electron chi connectivity index (χ3n) is 4.74.